The van der Waals surface area contributed by atoms with Crippen LogP contribution >= 0.6 is 11.8 Å². The number of hydrogen-bond donors (Lipinski definition) is 2. The second-order valence-electron chi connectivity index (χ2n) is 5.77. The molecule has 0 aliphatic rings. The lowest BCUT2D eigenvalue weighted by Crippen LogP contribution is -2.17. The van der Waals surface area contributed by atoms with E-state index in [0.29, 0.717) is 11.4 Å². The minimum Gasteiger partial charge on any atom is -0.324 e. The van der Waals surface area contributed by atoms with Crippen LogP contribution < -0.4 is 10.0 Å². The molecule has 0 fully saturated rings. The maximum atomic E-state index is 12.3. The number of benzene rings is 3. The number of thioether (sulfide) groups is 1. The average Bonchev–Trinajstić information content (AvgIpc) is 2.60. The molecule has 3 rings (SSSR count). The zero-order chi connectivity index (χ0) is 18.6. The second-order valence-corrected chi connectivity index (χ2v) is 8.56. The Hall–Kier alpha value is -2.51. The summed E-state index contributed by atoms with van der Waals surface area (Å²) in [7, 11) is -3.42. The van der Waals surface area contributed by atoms with E-state index in [1.165, 1.54) is 11.8 Å². The summed E-state index contributed by atoms with van der Waals surface area (Å²) < 4.78 is 25.3. The predicted octanol–water partition coefficient (Wildman–Crippen LogP) is 3.94. The van der Waals surface area contributed by atoms with E-state index >= 15 is 0 Å². The standard InChI is InChI=1S/C19H18N2O3S2/c1-26(23,24)21-18-9-5-4-8-17(18)20-19(22)13-25-16-11-10-14-6-2-3-7-15(14)12-16/h2-12,21H,13H2,1H3,(H,20,22). The van der Waals surface area contributed by atoms with Crippen molar-refractivity contribution in [2.45, 2.75) is 4.90 Å². The van der Waals surface area contributed by atoms with Crippen LogP contribution in [0.1, 0.15) is 0 Å². The van der Waals surface area contributed by atoms with Gasteiger partial charge in [0.25, 0.3) is 0 Å². The fourth-order valence-corrected chi connectivity index (χ4v) is 3.80. The Morgan fingerprint density at radius 3 is 2.31 bits per heavy atom. The summed E-state index contributed by atoms with van der Waals surface area (Å²) in [6.07, 6.45) is 1.07. The topological polar surface area (TPSA) is 75.3 Å². The van der Waals surface area contributed by atoms with E-state index in [2.05, 4.69) is 10.0 Å². The number of amides is 1. The Morgan fingerprint density at radius 1 is 0.923 bits per heavy atom. The number of carbonyl (C=O) groups is 1. The van der Waals surface area contributed by atoms with Crippen LogP contribution in [0, 0.1) is 0 Å². The zero-order valence-electron chi connectivity index (χ0n) is 14.1. The molecule has 0 aliphatic heterocycles. The number of para-hydroxylation sites is 2. The van der Waals surface area contributed by atoms with Gasteiger partial charge in [-0.05, 0) is 35.0 Å². The first-order valence-corrected chi connectivity index (χ1v) is 10.8. The van der Waals surface area contributed by atoms with E-state index in [0.717, 1.165) is 21.9 Å². The van der Waals surface area contributed by atoms with Gasteiger partial charge in [-0.1, -0.05) is 42.5 Å². The Bertz CT molecular complexity index is 1050. The van der Waals surface area contributed by atoms with Crippen LogP contribution in [0.2, 0.25) is 0 Å². The third-order valence-corrected chi connectivity index (χ3v) is 5.17. The quantitative estimate of drug-likeness (QED) is 0.629. The maximum absolute atomic E-state index is 12.3. The maximum Gasteiger partial charge on any atom is 0.234 e. The van der Waals surface area contributed by atoms with E-state index in [4.69, 9.17) is 0 Å². The van der Waals surface area contributed by atoms with Gasteiger partial charge in [-0.25, -0.2) is 8.42 Å². The first-order valence-electron chi connectivity index (χ1n) is 7.89. The molecule has 0 saturated carbocycles. The summed E-state index contributed by atoms with van der Waals surface area (Å²) in [5, 5.41) is 5.03. The van der Waals surface area contributed by atoms with Crippen molar-refractivity contribution >= 4 is 49.8 Å². The lowest BCUT2D eigenvalue weighted by molar-refractivity contribution is -0.113. The predicted molar refractivity (Wildman–Crippen MR) is 108 cm³/mol. The summed E-state index contributed by atoms with van der Waals surface area (Å²) >= 11 is 1.43. The third-order valence-electron chi connectivity index (χ3n) is 3.59. The molecule has 1 amide bonds. The van der Waals surface area contributed by atoms with Crippen LogP contribution in [0.3, 0.4) is 0 Å². The normalized spacial score (nSPS) is 11.3. The summed E-state index contributed by atoms with van der Waals surface area (Å²) in [5.41, 5.74) is 0.779. The van der Waals surface area contributed by atoms with Gasteiger partial charge in [-0.2, -0.15) is 0 Å². The molecule has 3 aromatic carbocycles. The first kappa shape index (κ1) is 18.3. The highest BCUT2D eigenvalue weighted by atomic mass is 32.2. The molecular formula is C19H18N2O3S2. The summed E-state index contributed by atoms with van der Waals surface area (Å²) in [6, 6.07) is 20.8. The van der Waals surface area contributed by atoms with Crippen molar-refractivity contribution in [2.75, 3.05) is 22.0 Å². The number of carbonyl (C=O) groups excluding carboxylic acids is 1. The molecule has 3 aromatic rings. The van der Waals surface area contributed by atoms with E-state index in [-0.39, 0.29) is 11.7 Å². The highest BCUT2D eigenvalue weighted by Crippen LogP contribution is 2.25. The third kappa shape index (κ3) is 5.00. The Morgan fingerprint density at radius 2 is 1.58 bits per heavy atom. The van der Waals surface area contributed by atoms with Crippen LogP contribution in [-0.4, -0.2) is 26.3 Å². The molecule has 0 spiro atoms. The Balaban J connectivity index is 1.65. The van der Waals surface area contributed by atoms with Crippen molar-refractivity contribution in [1.29, 1.82) is 0 Å². The van der Waals surface area contributed by atoms with Crippen molar-refractivity contribution in [3.63, 3.8) is 0 Å². The van der Waals surface area contributed by atoms with E-state index in [1.807, 2.05) is 42.5 Å². The second kappa shape index (κ2) is 7.80. The van der Waals surface area contributed by atoms with Gasteiger partial charge in [0.2, 0.25) is 15.9 Å². The highest BCUT2D eigenvalue weighted by molar-refractivity contribution is 8.00. The first-order chi connectivity index (χ1) is 12.4. The van der Waals surface area contributed by atoms with Crippen molar-refractivity contribution in [1.82, 2.24) is 0 Å². The SMILES string of the molecule is CS(=O)(=O)Nc1ccccc1NC(=O)CSc1ccc2ccccc2c1. The van der Waals surface area contributed by atoms with E-state index in [9.17, 15) is 13.2 Å². The average molecular weight is 386 g/mol. The molecule has 0 aliphatic carbocycles. The van der Waals surface area contributed by atoms with Gasteiger partial charge in [-0.15, -0.1) is 11.8 Å². The van der Waals surface area contributed by atoms with Gasteiger partial charge in [0, 0.05) is 4.90 Å². The fourth-order valence-electron chi connectivity index (χ4n) is 2.47. The van der Waals surface area contributed by atoms with Crippen LogP contribution in [0.4, 0.5) is 11.4 Å². The van der Waals surface area contributed by atoms with Crippen LogP contribution in [-0.2, 0) is 14.8 Å². The number of nitrogens with one attached hydrogen (secondary N) is 2. The summed E-state index contributed by atoms with van der Waals surface area (Å²) in [6.45, 7) is 0. The molecule has 0 saturated heterocycles. The molecule has 2 N–H and O–H groups in total. The molecule has 0 heterocycles. The number of hydrogen-bond acceptors (Lipinski definition) is 4. The van der Waals surface area contributed by atoms with Gasteiger partial charge >= 0.3 is 0 Å². The summed E-state index contributed by atoms with van der Waals surface area (Å²) in [5.74, 6) is 0.0249. The van der Waals surface area contributed by atoms with Crippen molar-refractivity contribution in [3.8, 4) is 0 Å². The number of anilines is 2. The fraction of sp³-hybridized carbons (Fsp3) is 0.105. The van der Waals surface area contributed by atoms with E-state index < -0.39 is 10.0 Å². The van der Waals surface area contributed by atoms with Gasteiger partial charge in [-0.3, -0.25) is 9.52 Å². The highest BCUT2D eigenvalue weighted by Gasteiger charge is 2.10. The van der Waals surface area contributed by atoms with Gasteiger partial charge in [0.05, 0.1) is 23.4 Å². The molecule has 0 atom stereocenters. The summed E-state index contributed by atoms with van der Waals surface area (Å²) in [4.78, 5) is 13.3. The van der Waals surface area contributed by atoms with Crippen molar-refractivity contribution in [3.05, 3.63) is 66.7 Å². The van der Waals surface area contributed by atoms with Crippen molar-refractivity contribution < 1.29 is 13.2 Å². The molecular weight excluding hydrogens is 368 g/mol. The van der Waals surface area contributed by atoms with Crippen LogP contribution in [0.5, 0.6) is 0 Å². The molecule has 0 bridgehead atoms. The molecule has 0 radical (unpaired) electrons. The Labute approximate surface area is 156 Å². The largest absolute Gasteiger partial charge is 0.324 e. The van der Waals surface area contributed by atoms with Crippen LogP contribution in [0.25, 0.3) is 10.8 Å². The monoisotopic (exact) mass is 386 g/mol. The van der Waals surface area contributed by atoms with Gasteiger partial charge in [0.1, 0.15) is 0 Å². The minimum absolute atomic E-state index is 0.203. The number of rotatable bonds is 6. The molecule has 5 nitrogen and oxygen atoms in total. The molecule has 7 heteroatoms. The minimum atomic E-state index is -3.42. The Kier molecular flexibility index (Phi) is 5.49. The number of fused-ring (bicyclic) bond motifs is 1. The van der Waals surface area contributed by atoms with Crippen molar-refractivity contribution in [2.24, 2.45) is 0 Å². The molecule has 0 unspecified atom stereocenters. The zero-order valence-corrected chi connectivity index (χ0v) is 15.7. The smallest absolute Gasteiger partial charge is 0.234 e. The molecule has 0 aromatic heterocycles. The van der Waals surface area contributed by atoms with Gasteiger partial charge < -0.3 is 5.32 Å². The van der Waals surface area contributed by atoms with Crippen LogP contribution in [0.15, 0.2) is 71.6 Å². The van der Waals surface area contributed by atoms with E-state index in [1.54, 1.807) is 24.3 Å². The van der Waals surface area contributed by atoms with Gasteiger partial charge in [0.15, 0.2) is 0 Å². The lowest BCUT2D eigenvalue weighted by atomic mass is 10.1. The number of sulfonamides is 1. The lowest BCUT2D eigenvalue weighted by Gasteiger charge is -2.11. The molecule has 26 heavy (non-hydrogen) atoms. The molecule has 134 valence electrons.